The van der Waals surface area contributed by atoms with E-state index in [0.29, 0.717) is 19.3 Å². The molecular weight excluding hydrogens is 817 g/mol. The summed E-state index contributed by atoms with van der Waals surface area (Å²) in [4.78, 5) is 38.1. The molecule has 0 aromatic rings. The van der Waals surface area contributed by atoms with Crippen LogP contribution in [0.1, 0.15) is 233 Å². The fourth-order valence-electron chi connectivity index (χ4n) is 6.99. The summed E-state index contributed by atoms with van der Waals surface area (Å²) in [6.45, 7) is 6.33. The Kier molecular flexibility index (Phi) is 50.5. The molecular formula is C60H98O6. The van der Waals surface area contributed by atoms with E-state index in [2.05, 4.69) is 130 Å². The van der Waals surface area contributed by atoms with Gasteiger partial charge >= 0.3 is 17.9 Å². The third kappa shape index (κ3) is 51.1. The van der Waals surface area contributed by atoms with Gasteiger partial charge in [-0.05, 0) is 116 Å². The number of hydrogen-bond acceptors (Lipinski definition) is 6. The van der Waals surface area contributed by atoms with E-state index in [9.17, 15) is 14.4 Å². The average molecular weight is 915 g/mol. The van der Waals surface area contributed by atoms with Crippen LogP contribution in [0.4, 0.5) is 0 Å². The monoisotopic (exact) mass is 915 g/mol. The minimum Gasteiger partial charge on any atom is -0.462 e. The highest BCUT2D eigenvalue weighted by atomic mass is 16.6. The second kappa shape index (κ2) is 53.7. The van der Waals surface area contributed by atoms with E-state index in [0.717, 1.165) is 161 Å². The Morgan fingerprint density at radius 2 is 0.591 bits per heavy atom. The summed E-state index contributed by atoms with van der Waals surface area (Å²) >= 11 is 0. The summed E-state index contributed by atoms with van der Waals surface area (Å²) in [5.74, 6) is -0.946. The van der Waals surface area contributed by atoms with Crippen LogP contribution in [0, 0.1) is 0 Å². The molecule has 0 aromatic carbocycles. The minimum atomic E-state index is -0.801. The molecule has 0 radical (unpaired) electrons. The second-order valence-corrected chi connectivity index (χ2v) is 17.4. The lowest BCUT2D eigenvalue weighted by molar-refractivity contribution is -0.167. The number of carbonyl (C=O) groups is 3. The minimum absolute atomic E-state index is 0.0991. The van der Waals surface area contributed by atoms with Gasteiger partial charge in [0.05, 0.1) is 0 Å². The van der Waals surface area contributed by atoms with Crippen LogP contribution in [0.25, 0.3) is 0 Å². The van der Waals surface area contributed by atoms with Gasteiger partial charge in [-0.2, -0.15) is 0 Å². The molecule has 0 saturated carbocycles. The fraction of sp³-hybridized carbons (Fsp3) is 0.650. The molecule has 0 aliphatic rings. The molecule has 0 aliphatic carbocycles. The maximum Gasteiger partial charge on any atom is 0.306 e. The Hall–Kier alpha value is -3.93. The number of carbonyl (C=O) groups excluding carboxylic acids is 3. The van der Waals surface area contributed by atoms with Gasteiger partial charge in [0.15, 0.2) is 6.10 Å². The first-order valence-corrected chi connectivity index (χ1v) is 26.9. The van der Waals surface area contributed by atoms with Gasteiger partial charge in [-0.15, -0.1) is 0 Å². The van der Waals surface area contributed by atoms with Gasteiger partial charge in [0.25, 0.3) is 0 Å². The maximum atomic E-state index is 12.8. The van der Waals surface area contributed by atoms with E-state index in [1.54, 1.807) is 0 Å². The summed E-state index contributed by atoms with van der Waals surface area (Å²) in [6.07, 6.45) is 72.1. The molecule has 0 amide bonds. The lowest BCUT2D eigenvalue weighted by Crippen LogP contribution is -2.30. The molecule has 66 heavy (non-hydrogen) atoms. The number of unbranched alkanes of at least 4 members (excludes halogenated alkanes) is 18. The summed E-state index contributed by atoms with van der Waals surface area (Å²) in [7, 11) is 0. The van der Waals surface area contributed by atoms with Gasteiger partial charge in [-0.3, -0.25) is 14.4 Å². The second-order valence-electron chi connectivity index (χ2n) is 17.4. The van der Waals surface area contributed by atoms with Crippen LogP contribution in [0.5, 0.6) is 0 Å². The van der Waals surface area contributed by atoms with Gasteiger partial charge in [0.2, 0.25) is 0 Å². The number of ether oxygens (including phenoxy) is 3. The first-order chi connectivity index (χ1) is 32.5. The van der Waals surface area contributed by atoms with E-state index >= 15 is 0 Å². The lowest BCUT2D eigenvalue weighted by atomic mass is 10.1. The molecule has 0 fully saturated rings. The summed E-state index contributed by atoms with van der Waals surface area (Å²) < 4.78 is 16.8. The third-order valence-electron chi connectivity index (χ3n) is 11.0. The SMILES string of the molecule is CC/C=C\C/C=C\C/C=C\C/C=C\CCCCCCCCC(=O)OCC(COC(=O)CCCCCCC/C=C\C/C=C\CCCC)OC(=O)CCCCCCC/C=C\C/C=C\C/C=C\CC. The van der Waals surface area contributed by atoms with Crippen molar-refractivity contribution < 1.29 is 28.6 Å². The molecule has 0 heterocycles. The highest BCUT2D eigenvalue weighted by molar-refractivity contribution is 5.71. The van der Waals surface area contributed by atoms with E-state index in [-0.39, 0.29) is 31.1 Å². The Morgan fingerprint density at radius 1 is 0.318 bits per heavy atom. The number of esters is 3. The van der Waals surface area contributed by atoms with Crippen molar-refractivity contribution in [2.75, 3.05) is 13.2 Å². The summed E-state index contributed by atoms with van der Waals surface area (Å²) in [5.41, 5.74) is 0. The van der Waals surface area contributed by atoms with Crippen LogP contribution in [0.3, 0.4) is 0 Å². The fourth-order valence-corrected chi connectivity index (χ4v) is 6.99. The molecule has 374 valence electrons. The van der Waals surface area contributed by atoms with Gasteiger partial charge in [-0.1, -0.05) is 207 Å². The molecule has 0 spiro atoms. The molecule has 0 rings (SSSR count). The zero-order valence-electron chi connectivity index (χ0n) is 42.7. The normalized spacial score (nSPS) is 13.0. The maximum absolute atomic E-state index is 12.8. The van der Waals surface area contributed by atoms with E-state index in [4.69, 9.17) is 14.2 Å². The summed E-state index contributed by atoms with van der Waals surface area (Å²) in [6, 6.07) is 0. The molecule has 0 N–H and O–H groups in total. The zero-order chi connectivity index (χ0) is 47.9. The largest absolute Gasteiger partial charge is 0.462 e. The smallest absolute Gasteiger partial charge is 0.306 e. The lowest BCUT2D eigenvalue weighted by Gasteiger charge is -2.18. The molecule has 0 bridgehead atoms. The first-order valence-electron chi connectivity index (χ1n) is 26.9. The molecule has 6 nitrogen and oxygen atoms in total. The van der Waals surface area contributed by atoms with Gasteiger partial charge in [0.1, 0.15) is 13.2 Å². The quantitative estimate of drug-likeness (QED) is 0.0262. The number of rotatable bonds is 47. The Bertz CT molecular complexity index is 1370. The predicted octanol–water partition coefficient (Wildman–Crippen LogP) is 17.9. The molecule has 0 saturated heterocycles. The highest BCUT2D eigenvalue weighted by Crippen LogP contribution is 2.13. The van der Waals surface area contributed by atoms with Gasteiger partial charge < -0.3 is 14.2 Å². The van der Waals surface area contributed by atoms with Crippen LogP contribution in [0.2, 0.25) is 0 Å². The number of hydrogen-bond donors (Lipinski definition) is 0. The van der Waals surface area contributed by atoms with Crippen LogP contribution in [0.15, 0.2) is 109 Å². The Balaban J connectivity index is 4.46. The van der Waals surface area contributed by atoms with Crippen molar-refractivity contribution in [2.45, 2.75) is 239 Å². The van der Waals surface area contributed by atoms with Crippen LogP contribution >= 0.6 is 0 Å². The standard InChI is InChI=1S/C60H98O6/c1-4-7-10-13-16-19-22-25-28-29-30-31-33-35-38-41-44-47-50-53-59(62)65-56-57(55-64-58(61)52-49-46-43-40-37-34-27-24-21-18-15-12-9-6-3)66-60(63)54-51-48-45-42-39-36-32-26-23-20-17-14-11-8-5-2/h7-8,10-11,15-20,24-28,30-32,57H,4-6,9,12-14,21-23,29,33-56H2,1-3H3/b10-7-,11-8-,18-15-,19-16-,20-17-,27-24-,28-25-,31-30-,32-26-. The van der Waals surface area contributed by atoms with Crippen molar-refractivity contribution in [3.8, 4) is 0 Å². The van der Waals surface area contributed by atoms with Crippen molar-refractivity contribution in [3.05, 3.63) is 109 Å². The molecule has 0 aliphatic heterocycles. The molecule has 1 atom stereocenters. The molecule has 1 unspecified atom stereocenters. The molecule has 6 heteroatoms. The number of allylic oxidation sites excluding steroid dienone is 18. The topological polar surface area (TPSA) is 78.9 Å². The van der Waals surface area contributed by atoms with E-state index < -0.39 is 6.10 Å². The van der Waals surface area contributed by atoms with E-state index in [1.807, 2.05) is 0 Å². The van der Waals surface area contributed by atoms with Crippen molar-refractivity contribution in [3.63, 3.8) is 0 Å². The highest BCUT2D eigenvalue weighted by Gasteiger charge is 2.19. The van der Waals surface area contributed by atoms with Crippen molar-refractivity contribution in [2.24, 2.45) is 0 Å². The van der Waals surface area contributed by atoms with Crippen LogP contribution < -0.4 is 0 Å². The van der Waals surface area contributed by atoms with Gasteiger partial charge in [-0.25, -0.2) is 0 Å². The van der Waals surface area contributed by atoms with Gasteiger partial charge in [0, 0.05) is 19.3 Å². The van der Waals surface area contributed by atoms with Crippen molar-refractivity contribution in [1.82, 2.24) is 0 Å². The first kappa shape index (κ1) is 62.1. The average Bonchev–Trinajstić information content (AvgIpc) is 3.31. The Morgan fingerprint density at radius 3 is 0.924 bits per heavy atom. The predicted molar refractivity (Wildman–Crippen MR) is 283 cm³/mol. The molecule has 0 aromatic heterocycles. The third-order valence-corrected chi connectivity index (χ3v) is 11.0. The zero-order valence-corrected chi connectivity index (χ0v) is 42.7. The summed E-state index contributed by atoms with van der Waals surface area (Å²) in [5, 5.41) is 0. The van der Waals surface area contributed by atoms with Crippen molar-refractivity contribution in [1.29, 1.82) is 0 Å². The Labute approximate surface area is 406 Å². The van der Waals surface area contributed by atoms with E-state index in [1.165, 1.54) is 32.1 Å². The van der Waals surface area contributed by atoms with Crippen LogP contribution in [-0.2, 0) is 28.6 Å². The van der Waals surface area contributed by atoms with Crippen molar-refractivity contribution >= 4 is 17.9 Å². The van der Waals surface area contributed by atoms with Crippen LogP contribution in [-0.4, -0.2) is 37.2 Å².